The van der Waals surface area contributed by atoms with E-state index in [2.05, 4.69) is 15.0 Å². The maximum absolute atomic E-state index is 5.60. The minimum Gasteiger partial charge on any atom is -0.396 e. The van der Waals surface area contributed by atoms with E-state index in [0.717, 1.165) is 10.6 Å². The normalized spacial score (nSPS) is 10.2. The van der Waals surface area contributed by atoms with Crippen LogP contribution in [0, 0.1) is 6.92 Å². The highest BCUT2D eigenvalue weighted by Gasteiger charge is 2.04. The number of nitrogens with two attached hydrogens (primary N) is 1. The van der Waals surface area contributed by atoms with Crippen molar-refractivity contribution < 1.29 is 0 Å². The van der Waals surface area contributed by atoms with Crippen LogP contribution in [-0.2, 0) is 0 Å². The highest BCUT2D eigenvalue weighted by atomic mass is 32.1. The molecule has 66 valence electrons. The fourth-order valence-corrected chi connectivity index (χ4v) is 1.48. The summed E-state index contributed by atoms with van der Waals surface area (Å²) in [5.41, 5.74) is 8.78. The SMILES string of the molecule is Cc1nc(-c2cncs2)ncc1N. The molecule has 0 aliphatic carbocycles. The molecule has 0 spiro atoms. The van der Waals surface area contributed by atoms with Crippen LogP contribution in [0.1, 0.15) is 5.69 Å². The van der Waals surface area contributed by atoms with Crippen molar-refractivity contribution >= 4 is 17.0 Å². The van der Waals surface area contributed by atoms with Crippen molar-refractivity contribution in [3.05, 3.63) is 23.6 Å². The summed E-state index contributed by atoms with van der Waals surface area (Å²) in [5.74, 6) is 0.689. The molecule has 0 fully saturated rings. The van der Waals surface area contributed by atoms with Gasteiger partial charge in [0.2, 0.25) is 0 Å². The second kappa shape index (κ2) is 3.10. The van der Waals surface area contributed by atoms with E-state index in [1.165, 1.54) is 11.3 Å². The highest BCUT2D eigenvalue weighted by molar-refractivity contribution is 7.13. The van der Waals surface area contributed by atoms with Crippen LogP contribution in [0.15, 0.2) is 17.9 Å². The minimum absolute atomic E-state index is 0.619. The molecule has 2 N–H and O–H groups in total. The fourth-order valence-electron chi connectivity index (χ4n) is 0.921. The second-order valence-electron chi connectivity index (χ2n) is 2.60. The van der Waals surface area contributed by atoms with Crippen molar-refractivity contribution in [2.75, 3.05) is 5.73 Å². The van der Waals surface area contributed by atoms with Crippen molar-refractivity contribution in [1.82, 2.24) is 15.0 Å². The van der Waals surface area contributed by atoms with Crippen LogP contribution in [0.3, 0.4) is 0 Å². The number of aryl methyl sites for hydroxylation is 1. The van der Waals surface area contributed by atoms with Crippen molar-refractivity contribution in [3.63, 3.8) is 0 Å². The van der Waals surface area contributed by atoms with Gasteiger partial charge in [0.25, 0.3) is 0 Å². The van der Waals surface area contributed by atoms with Gasteiger partial charge in [-0.05, 0) is 6.92 Å². The first kappa shape index (κ1) is 8.12. The van der Waals surface area contributed by atoms with E-state index >= 15 is 0 Å². The lowest BCUT2D eigenvalue weighted by atomic mass is 10.3. The Morgan fingerprint density at radius 3 is 2.85 bits per heavy atom. The number of hydrogen-bond donors (Lipinski definition) is 1. The molecule has 0 amide bonds. The Morgan fingerprint density at radius 1 is 1.38 bits per heavy atom. The first-order chi connectivity index (χ1) is 6.27. The summed E-state index contributed by atoms with van der Waals surface area (Å²) in [6, 6.07) is 0. The molecule has 0 saturated carbocycles. The minimum atomic E-state index is 0.619. The van der Waals surface area contributed by atoms with Crippen molar-refractivity contribution in [1.29, 1.82) is 0 Å². The highest BCUT2D eigenvalue weighted by Crippen LogP contribution is 2.20. The topological polar surface area (TPSA) is 64.7 Å². The van der Waals surface area contributed by atoms with E-state index in [1.807, 2.05) is 6.92 Å². The molecule has 5 heteroatoms. The van der Waals surface area contributed by atoms with Crippen LogP contribution in [0.25, 0.3) is 10.7 Å². The van der Waals surface area contributed by atoms with Gasteiger partial charge in [0.05, 0.1) is 28.0 Å². The predicted molar refractivity (Wildman–Crippen MR) is 52.3 cm³/mol. The van der Waals surface area contributed by atoms with Gasteiger partial charge in [-0.25, -0.2) is 9.97 Å². The number of nitrogens with zero attached hydrogens (tertiary/aromatic N) is 3. The zero-order valence-corrected chi connectivity index (χ0v) is 7.88. The predicted octanol–water partition coefficient (Wildman–Crippen LogP) is 1.49. The Morgan fingerprint density at radius 2 is 2.23 bits per heavy atom. The van der Waals surface area contributed by atoms with Crippen molar-refractivity contribution in [2.24, 2.45) is 0 Å². The molecule has 0 aromatic carbocycles. The third-order valence-electron chi connectivity index (χ3n) is 1.67. The van der Waals surface area contributed by atoms with Gasteiger partial charge in [-0.1, -0.05) is 0 Å². The first-order valence-corrected chi connectivity index (χ1v) is 4.63. The number of nitrogen functional groups attached to an aromatic ring is 1. The zero-order chi connectivity index (χ0) is 9.26. The van der Waals surface area contributed by atoms with E-state index in [1.54, 1.807) is 17.9 Å². The Balaban J connectivity index is 2.49. The lowest BCUT2D eigenvalue weighted by molar-refractivity contribution is 1.12. The molecule has 2 aromatic heterocycles. The summed E-state index contributed by atoms with van der Waals surface area (Å²) >= 11 is 1.51. The smallest absolute Gasteiger partial charge is 0.171 e. The monoisotopic (exact) mass is 192 g/mol. The summed E-state index contributed by atoms with van der Waals surface area (Å²) in [6.45, 7) is 1.86. The van der Waals surface area contributed by atoms with Crippen molar-refractivity contribution in [3.8, 4) is 10.7 Å². The van der Waals surface area contributed by atoms with Crippen molar-refractivity contribution in [2.45, 2.75) is 6.92 Å². The maximum atomic E-state index is 5.60. The van der Waals surface area contributed by atoms with E-state index < -0.39 is 0 Å². The second-order valence-corrected chi connectivity index (χ2v) is 3.49. The molecule has 0 radical (unpaired) electrons. The number of rotatable bonds is 1. The maximum Gasteiger partial charge on any atom is 0.171 e. The quantitative estimate of drug-likeness (QED) is 0.743. The van der Waals surface area contributed by atoms with E-state index in [-0.39, 0.29) is 0 Å². The summed E-state index contributed by atoms with van der Waals surface area (Å²) < 4.78 is 0. The fraction of sp³-hybridized carbons (Fsp3) is 0.125. The molecule has 0 bridgehead atoms. The Kier molecular flexibility index (Phi) is 1.94. The average molecular weight is 192 g/mol. The molecule has 0 saturated heterocycles. The molecular formula is C8H8N4S. The standard InChI is InChI=1S/C8H8N4S/c1-5-6(9)2-11-8(12-5)7-3-10-4-13-7/h2-4H,9H2,1H3. The molecule has 2 rings (SSSR count). The summed E-state index contributed by atoms with van der Waals surface area (Å²) in [5, 5.41) is 0. The summed E-state index contributed by atoms with van der Waals surface area (Å²) in [4.78, 5) is 13.3. The number of anilines is 1. The lowest BCUT2D eigenvalue weighted by Gasteiger charge is -1.99. The van der Waals surface area contributed by atoms with Gasteiger partial charge in [0.15, 0.2) is 5.82 Å². The van der Waals surface area contributed by atoms with Gasteiger partial charge < -0.3 is 5.73 Å². The van der Waals surface area contributed by atoms with Gasteiger partial charge in [-0.3, -0.25) is 4.98 Å². The number of hydrogen-bond acceptors (Lipinski definition) is 5. The molecule has 13 heavy (non-hydrogen) atoms. The number of aromatic nitrogens is 3. The number of thiazole rings is 1. The van der Waals surface area contributed by atoms with E-state index in [0.29, 0.717) is 11.5 Å². The third kappa shape index (κ3) is 1.50. The molecule has 2 aromatic rings. The van der Waals surface area contributed by atoms with Gasteiger partial charge in [-0.2, -0.15) is 0 Å². The molecule has 4 nitrogen and oxygen atoms in total. The zero-order valence-electron chi connectivity index (χ0n) is 7.06. The Bertz CT molecular complexity index is 410. The van der Waals surface area contributed by atoms with Gasteiger partial charge in [0.1, 0.15) is 0 Å². The van der Waals surface area contributed by atoms with E-state index in [9.17, 15) is 0 Å². The van der Waals surface area contributed by atoms with Crippen LogP contribution in [0.4, 0.5) is 5.69 Å². The van der Waals surface area contributed by atoms with Crippen LogP contribution >= 0.6 is 11.3 Å². The molecule has 0 aliphatic heterocycles. The summed E-state index contributed by atoms with van der Waals surface area (Å²) in [6.07, 6.45) is 3.37. The van der Waals surface area contributed by atoms with Crippen LogP contribution < -0.4 is 5.73 Å². The van der Waals surface area contributed by atoms with Crippen LogP contribution in [-0.4, -0.2) is 15.0 Å². The average Bonchev–Trinajstić information content (AvgIpc) is 2.62. The molecule has 0 unspecified atom stereocenters. The molecule has 0 atom stereocenters. The Hall–Kier alpha value is -1.49. The largest absolute Gasteiger partial charge is 0.396 e. The lowest BCUT2D eigenvalue weighted by Crippen LogP contribution is -1.96. The van der Waals surface area contributed by atoms with Gasteiger partial charge in [0, 0.05) is 6.20 Å². The Labute approximate surface area is 79.5 Å². The van der Waals surface area contributed by atoms with Crippen LogP contribution in [0.5, 0.6) is 0 Å². The van der Waals surface area contributed by atoms with Gasteiger partial charge in [-0.15, -0.1) is 11.3 Å². The molecule has 2 heterocycles. The van der Waals surface area contributed by atoms with Gasteiger partial charge >= 0.3 is 0 Å². The summed E-state index contributed by atoms with van der Waals surface area (Å²) in [7, 11) is 0. The first-order valence-electron chi connectivity index (χ1n) is 3.75. The van der Waals surface area contributed by atoms with E-state index in [4.69, 9.17) is 5.73 Å². The van der Waals surface area contributed by atoms with Crippen LogP contribution in [0.2, 0.25) is 0 Å². The molecule has 0 aliphatic rings. The molecular weight excluding hydrogens is 184 g/mol. The third-order valence-corrected chi connectivity index (χ3v) is 2.44.